The van der Waals surface area contributed by atoms with Gasteiger partial charge in [-0.25, -0.2) is 0 Å². The predicted octanol–water partition coefficient (Wildman–Crippen LogP) is 0.0965. The number of carbonyl (C=O) groups is 2. The number of rotatable bonds is 4. The summed E-state index contributed by atoms with van der Waals surface area (Å²) in [7, 11) is 0. The summed E-state index contributed by atoms with van der Waals surface area (Å²) in [4.78, 5) is 22.3. The molecule has 0 radical (unpaired) electrons. The summed E-state index contributed by atoms with van der Waals surface area (Å²) in [6.07, 6.45) is 2.43. The van der Waals surface area contributed by atoms with E-state index in [-0.39, 0.29) is 24.3 Å². The molecule has 0 bridgehead atoms. The summed E-state index contributed by atoms with van der Waals surface area (Å²) in [5, 5.41) is 8.80. The molecule has 1 aliphatic rings. The van der Waals surface area contributed by atoms with Crippen molar-refractivity contribution in [3.63, 3.8) is 0 Å². The monoisotopic (exact) mass is 198 g/mol. The van der Waals surface area contributed by atoms with Gasteiger partial charge in [-0.1, -0.05) is 12.2 Å². The molecule has 1 unspecified atom stereocenters. The van der Waals surface area contributed by atoms with Gasteiger partial charge in [-0.3, -0.25) is 9.59 Å². The zero-order chi connectivity index (χ0) is 10.7. The first kappa shape index (κ1) is 11.1. The van der Waals surface area contributed by atoms with Crippen molar-refractivity contribution in [2.45, 2.75) is 26.1 Å². The second-order valence-electron chi connectivity index (χ2n) is 3.41. The maximum Gasteiger partial charge on any atom is 0.143 e. The van der Waals surface area contributed by atoms with Crippen molar-refractivity contribution < 1.29 is 19.4 Å². The van der Waals surface area contributed by atoms with Gasteiger partial charge < -0.3 is 9.84 Å². The van der Waals surface area contributed by atoms with Gasteiger partial charge in [0.2, 0.25) is 0 Å². The Labute approximate surface area is 82.6 Å². The molecule has 0 saturated carbocycles. The summed E-state index contributed by atoms with van der Waals surface area (Å²) < 4.78 is 5.29. The Morgan fingerprint density at radius 2 is 1.93 bits per heavy atom. The fraction of sp³-hybridized carbons (Fsp3) is 0.600. The molecule has 1 heterocycles. The number of Topliss-reactive ketones (excluding diaryl/α,β-unsaturated/α-hetero) is 2. The van der Waals surface area contributed by atoms with Crippen LogP contribution < -0.4 is 0 Å². The minimum absolute atomic E-state index is 0.129. The van der Waals surface area contributed by atoms with Crippen LogP contribution in [0.3, 0.4) is 0 Å². The van der Waals surface area contributed by atoms with E-state index in [0.29, 0.717) is 0 Å². The largest absolute Gasteiger partial charge is 0.393 e. The van der Waals surface area contributed by atoms with Gasteiger partial charge in [0.25, 0.3) is 0 Å². The van der Waals surface area contributed by atoms with E-state index in [1.807, 2.05) is 0 Å². The average molecular weight is 198 g/mol. The lowest BCUT2D eigenvalue weighted by Gasteiger charge is -2.18. The van der Waals surface area contributed by atoms with Gasteiger partial charge in [0.15, 0.2) is 0 Å². The Kier molecular flexibility index (Phi) is 3.55. The van der Waals surface area contributed by atoms with Crippen LogP contribution >= 0.6 is 0 Å². The molecule has 14 heavy (non-hydrogen) atoms. The topological polar surface area (TPSA) is 63.6 Å². The predicted molar refractivity (Wildman–Crippen MR) is 49.7 cm³/mol. The summed E-state index contributed by atoms with van der Waals surface area (Å²) >= 11 is 0. The highest BCUT2D eigenvalue weighted by Gasteiger charge is 2.32. The Morgan fingerprint density at radius 1 is 1.36 bits per heavy atom. The van der Waals surface area contributed by atoms with Crippen molar-refractivity contribution in [2.75, 3.05) is 6.61 Å². The average Bonchev–Trinajstić information content (AvgIpc) is 2.51. The van der Waals surface area contributed by atoms with E-state index in [1.165, 1.54) is 13.8 Å². The first-order chi connectivity index (χ1) is 6.56. The number of ketones is 2. The summed E-state index contributed by atoms with van der Waals surface area (Å²) in [5.41, 5.74) is 0. The lowest BCUT2D eigenvalue weighted by Crippen LogP contribution is -2.33. The van der Waals surface area contributed by atoms with Crippen molar-refractivity contribution in [2.24, 2.45) is 5.92 Å². The molecule has 0 spiro atoms. The Balaban J connectivity index is 2.69. The molecule has 0 aliphatic carbocycles. The molecule has 1 aliphatic heterocycles. The smallest absolute Gasteiger partial charge is 0.143 e. The number of aliphatic hydroxyl groups is 1. The first-order valence-electron chi connectivity index (χ1n) is 4.51. The van der Waals surface area contributed by atoms with Gasteiger partial charge in [-0.15, -0.1) is 0 Å². The lowest BCUT2D eigenvalue weighted by molar-refractivity contribution is -0.136. The number of ether oxygens (including phenoxy) is 1. The minimum Gasteiger partial charge on any atom is -0.393 e. The molecule has 4 nitrogen and oxygen atoms in total. The van der Waals surface area contributed by atoms with Gasteiger partial charge in [-0.2, -0.15) is 0 Å². The summed E-state index contributed by atoms with van der Waals surface area (Å²) in [6, 6.07) is 0. The highest BCUT2D eigenvalue weighted by molar-refractivity contribution is 6.01. The third kappa shape index (κ3) is 2.27. The number of aliphatic hydroxyl groups excluding tert-OH is 1. The molecule has 0 aromatic rings. The van der Waals surface area contributed by atoms with Crippen LogP contribution in [0.15, 0.2) is 12.2 Å². The van der Waals surface area contributed by atoms with Gasteiger partial charge in [-0.05, 0) is 13.8 Å². The van der Waals surface area contributed by atoms with Gasteiger partial charge >= 0.3 is 0 Å². The standard InChI is InChI=1S/C10H14O4/c1-6(12)10(7(2)13)9-4-3-8(5-11)14-9/h3-4,8-11H,5H2,1-2H3/t8-,9?/m1/s1. The van der Waals surface area contributed by atoms with Crippen LogP contribution in [-0.4, -0.2) is 35.5 Å². The van der Waals surface area contributed by atoms with Gasteiger partial charge in [0, 0.05) is 0 Å². The van der Waals surface area contributed by atoms with Crippen LogP contribution in [0.1, 0.15) is 13.8 Å². The van der Waals surface area contributed by atoms with Gasteiger partial charge in [0.05, 0.1) is 18.8 Å². The van der Waals surface area contributed by atoms with Crippen LogP contribution in [0.5, 0.6) is 0 Å². The van der Waals surface area contributed by atoms with Crippen LogP contribution in [-0.2, 0) is 14.3 Å². The quantitative estimate of drug-likeness (QED) is 0.514. The van der Waals surface area contributed by atoms with Crippen LogP contribution in [0.25, 0.3) is 0 Å². The van der Waals surface area contributed by atoms with Crippen LogP contribution in [0.4, 0.5) is 0 Å². The Morgan fingerprint density at radius 3 is 2.29 bits per heavy atom. The third-order valence-corrected chi connectivity index (χ3v) is 2.23. The lowest BCUT2D eigenvalue weighted by atomic mass is 9.94. The van der Waals surface area contributed by atoms with Crippen molar-refractivity contribution in [1.82, 2.24) is 0 Å². The maximum atomic E-state index is 11.2. The maximum absolute atomic E-state index is 11.2. The van der Waals surface area contributed by atoms with Crippen molar-refractivity contribution >= 4 is 11.6 Å². The van der Waals surface area contributed by atoms with E-state index in [4.69, 9.17) is 9.84 Å². The van der Waals surface area contributed by atoms with E-state index in [9.17, 15) is 9.59 Å². The molecule has 0 aromatic carbocycles. The molecule has 1 rings (SSSR count). The number of carbonyl (C=O) groups excluding carboxylic acids is 2. The fourth-order valence-corrected chi connectivity index (χ4v) is 1.57. The third-order valence-electron chi connectivity index (χ3n) is 2.23. The second-order valence-corrected chi connectivity index (χ2v) is 3.41. The van der Waals surface area contributed by atoms with E-state index in [1.54, 1.807) is 12.2 Å². The highest BCUT2D eigenvalue weighted by Crippen LogP contribution is 2.20. The molecule has 78 valence electrons. The van der Waals surface area contributed by atoms with Crippen molar-refractivity contribution in [3.8, 4) is 0 Å². The van der Waals surface area contributed by atoms with Gasteiger partial charge in [0.1, 0.15) is 17.5 Å². The first-order valence-corrected chi connectivity index (χ1v) is 4.51. The molecular weight excluding hydrogens is 184 g/mol. The SMILES string of the molecule is CC(=O)C(C(C)=O)C1C=C[C@H](CO)O1. The van der Waals surface area contributed by atoms with E-state index in [2.05, 4.69) is 0 Å². The van der Waals surface area contributed by atoms with Crippen LogP contribution in [0.2, 0.25) is 0 Å². The number of hydrogen-bond donors (Lipinski definition) is 1. The molecule has 0 amide bonds. The van der Waals surface area contributed by atoms with E-state index in [0.717, 1.165) is 0 Å². The highest BCUT2D eigenvalue weighted by atomic mass is 16.5. The zero-order valence-corrected chi connectivity index (χ0v) is 8.27. The van der Waals surface area contributed by atoms with E-state index >= 15 is 0 Å². The Hall–Kier alpha value is -1.00. The van der Waals surface area contributed by atoms with Crippen molar-refractivity contribution in [1.29, 1.82) is 0 Å². The second kappa shape index (κ2) is 4.48. The van der Waals surface area contributed by atoms with Crippen molar-refractivity contribution in [3.05, 3.63) is 12.2 Å². The molecule has 1 N–H and O–H groups in total. The fourth-order valence-electron chi connectivity index (χ4n) is 1.57. The number of hydrogen-bond acceptors (Lipinski definition) is 4. The minimum atomic E-state index is -0.734. The molecule has 0 saturated heterocycles. The molecular formula is C10H14O4. The Bertz CT molecular complexity index is 255. The van der Waals surface area contributed by atoms with Crippen LogP contribution in [0, 0.1) is 5.92 Å². The molecule has 0 aromatic heterocycles. The summed E-state index contributed by atoms with van der Waals surface area (Å²) in [6.45, 7) is 2.61. The molecule has 2 atom stereocenters. The zero-order valence-electron chi connectivity index (χ0n) is 8.27. The summed E-state index contributed by atoms with van der Waals surface area (Å²) in [5.74, 6) is -1.14. The molecule has 4 heteroatoms. The molecule has 0 fully saturated rings. The normalized spacial score (nSPS) is 25.7. The van der Waals surface area contributed by atoms with E-state index < -0.39 is 12.0 Å².